The Morgan fingerprint density at radius 1 is 1.32 bits per heavy atom. The number of nitrogens with zero attached hydrogens (tertiary/aromatic N) is 2. The molecule has 0 radical (unpaired) electrons. The summed E-state index contributed by atoms with van der Waals surface area (Å²) in [4.78, 5) is 29.5. The second-order valence-electron chi connectivity index (χ2n) is 6.50. The first-order chi connectivity index (χ1) is 13.1. The molecule has 1 atom stereocenters. The number of benzene rings is 1. The van der Waals surface area contributed by atoms with Crippen molar-refractivity contribution in [1.82, 2.24) is 10.3 Å². The average Bonchev–Trinajstić information content (AvgIpc) is 2.93. The maximum atomic E-state index is 12.4. The number of carbonyl (C=O) groups excluding carboxylic acids is 2. The van der Waals surface area contributed by atoms with Crippen LogP contribution in [-0.2, 0) is 11.2 Å². The minimum atomic E-state index is -4.49. The lowest BCUT2D eigenvalue weighted by atomic mass is 10.0. The Balaban J connectivity index is 1.68. The standard InChI is InChI=1S/C19H18F3N3O3/c1-11(12-3-4-15-14(7-12)9-17(26)25(15)2)24-18(27)13-5-6-23-16(8-13)28-10-19(20,21)22/h3-8,11H,9-10H2,1-2H3,(H,24,27). The highest BCUT2D eigenvalue weighted by Crippen LogP contribution is 2.30. The number of aromatic nitrogens is 1. The van der Waals surface area contributed by atoms with E-state index in [1.165, 1.54) is 12.3 Å². The Bertz CT molecular complexity index is 915. The van der Waals surface area contributed by atoms with E-state index in [-0.39, 0.29) is 23.4 Å². The van der Waals surface area contributed by atoms with E-state index in [0.717, 1.165) is 22.9 Å². The molecular weight excluding hydrogens is 375 g/mol. The number of hydrogen-bond acceptors (Lipinski definition) is 4. The van der Waals surface area contributed by atoms with E-state index < -0.39 is 18.7 Å². The number of halogens is 3. The van der Waals surface area contributed by atoms with Crippen molar-refractivity contribution in [3.8, 4) is 5.88 Å². The first kappa shape index (κ1) is 19.7. The van der Waals surface area contributed by atoms with E-state index in [4.69, 9.17) is 0 Å². The van der Waals surface area contributed by atoms with E-state index in [2.05, 4.69) is 15.0 Å². The zero-order valence-electron chi connectivity index (χ0n) is 15.2. The normalized spacial score (nSPS) is 14.6. The Kier molecular flexibility index (Phi) is 5.26. The summed E-state index contributed by atoms with van der Waals surface area (Å²) in [5, 5.41) is 2.78. The fourth-order valence-electron chi connectivity index (χ4n) is 2.91. The molecule has 1 N–H and O–H groups in total. The van der Waals surface area contributed by atoms with Crippen LogP contribution in [0.1, 0.15) is 34.5 Å². The molecule has 6 nitrogen and oxygen atoms in total. The largest absolute Gasteiger partial charge is 0.468 e. The summed E-state index contributed by atoms with van der Waals surface area (Å²) in [7, 11) is 1.71. The Hall–Kier alpha value is -3.10. The molecule has 28 heavy (non-hydrogen) atoms. The van der Waals surface area contributed by atoms with Crippen LogP contribution in [0.4, 0.5) is 18.9 Å². The molecule has 2 heterocycles. The number of rotatable bonds is 5. The molecule has 2 aromatic rings. The molecule has 0 spiro atoms. The third kappa shape index (κ3) is 4.41. The number of anilines is 1. The number of amides is 2. The first-order valence-corrected chi connectivity index (χ1v) is 8.50. The molecule has 1 unspecified atom stereocenters. The molecule has 0 fully saturated rings. The minimum absolute atomic E-state index is 0.00649. The number of fused-ring (bicyclic) bond motifs is 1. The van der Waals surface area contributed by atoms with Crippen LogP contribution < -0.4 is 15.0 Å². The van der Waals surface area contributed by atoms with Crippen LogP contribution in [0.15, 0.2) is 36.5 Å². The fraction of sp³-hybridized carbons (Fsp3) is 0.316. The van der Waals surface area contributed by atoms with Crippen LogP contribution in [0.3, 0.4) is 0 Å². The molecule has 0 saturated heterocycles. The number of carbonyl (C=O) groups is 2. The fourth-order valence-corrected chi connectivity index (χ4v) is 2.91. The molecule has 2 amide bonds. The van der Waals surface area contributed by atoms with Crippen molar-refractivity contribution in [2.24, 2.45) is 0 Å². The van der Waals surface area contributed by atoms with Crippen molar-refractivity contribution < 1.29 is 27.5 Å². The second kappa shape index (κ2) is 7.49. The van der Waals surface area contributed by atoms with Gasteiger partial charge in [-0.15, -0.1) is 0 Å². The van der Waals surface area contributed by atoms with E-state index >= 15 is 0 Å². The quantitative estimate of drug-likeness (QED) is 0.848. The Labute approximate surface area is 159 Å². The lowest BCUT2D eigenvalue weighted by Gasteiger charge is -2.17. The highest BCUT2D eigenvalue weighted by atomic mass is 19.4. The molecular formula is C19H18F3N3O3. The number of pyridine rings is 1. The highest BCUT2D eigenvalue weighted by Gasteiger charge is 2.29. The van der Waals surface area contributed by atoms with E-state index in [9.17, 15) is 22.8 Å². The summed E-state index contributed by atoms with van der Waals surface area (Å²) < 4.78 is 41.3. The van der Waals surface area contributed by atoms with Gasteiger partial charge in [0.1, 0.15) is 0 Å². The zero-order valence-corrected chi connectivity index (χ0v) is 15.2. The van der Waals surface area contributed by atoms with Gasteiger partial charge in [0.25, 0.3) is 5.91 Å². The van der Waals surface area contributed by atoms with Crippen LogP contribution in [0.5, 0.6) is 5.88 Å². The molecule has 148 valence electrons. The molecule has 3 rings (SSSR count). The number of hydrogen-bond donors (Lipinski definition) is 1. The smallest absolute Gasteiger partial charge is 0.422 e. The molecule has 1 aliphatic rings. The monoisotopic (exact) mass is 393 g/mol. The van der Waals surface area contributed by atoms with E-state index in [1.807, 2.05) is 18.2 Å². The number of alkyl halides is 3. The van der Waals surface area contributed by atoms with Gasteiger partial charge in [0.2, 0.25) is 11.8 Å². The predicted molar refractivity (Wildman–Crippen MR) is 95.2 cm³/mol. The van der Waals surface area contributed by atoms with Gasteiger partial charge in [0.15, 0.2) is 6.61 Å². The summed E-state index contributed by atoms with van der Waals surface area (Å²) in [6.45, 7) is 0.298. The summed E-state index contributed by atoms with van der Waals surface area (Å²) in [6.07, 6.45) is -2.97. The lowest BCUT2D eigenvalue weighted by molar-refractivity contribution is -0.154. The van der Waals surface area contributed by atoms with Crippen molar-refractivity contribution in [1.29, 1.82) is 0 Å². The number of nitrogens with one attached hydrogen (secondary N) is 1. The van der Waals surface area contributed by atoms with Gasteiger partial charge in [-0.05, 0) is 30.2 Å². The van der Waals surface area contributed by atoms with Crippen LogP contribution in [-0.4, -0.2) is 36.6 Å². The Morgan fingerprint density at radius 3 is 2.79 bits per heavy atom. The van der Waals surface area contributed by atoms with Gasteiger partial charge in [-0.2, -0.15) is 13.2 Å². The lowest BCUT2D eigenvalue weighted by Crippen LogP contribution is -2.27. The van der Waals surface area contributed by atoms with Crippen LogP contribution >= 0.6 is 0 Å². The number of ether oxygens (including phenoxy) is 1. The predicted octanol–water partition coefficient (Wildman–Crippen LogP) is 3.03. The third-order valence-corrected chi connectivity index (χ3v) is 4.41. The van der Waals surface area contributed by atoms with Crippen LogP contribution in [0.2, 0.25) is 0 Å². The van der Waals surface area contributed by atoms with Gasteiger partial charge in [-0.25, -0.2) is 4.98 Å². The minimum Gasteiger partial charge on any atom is -0.468 e. The van der Waals surface area contributed by atoms with Gasteiger partial charge in [-0.3, -0.25) is 9.59 Å². The zero-order chi connectivity index (χ0) is 20.5. The van der Waals surface area contributed by atoms with E-state index in [1.54, 1.807) is 18.9 Å². The second-order valence-corrected chi connectivity index (χ2v) is 6.50. The van der Waals surface area contributed by atoms with Gasteiger partial charge < -0.3 is 15.0 Å². The van der Waals surface area contributed by atoms with Gasteiger partial charge >= 0.3 is 6.18 Å². The molecule has 0 bridgehead atoms. The summed E-state index contributed by atoms with van der Waals surface area (Å²) in [5.41, 5.74) is 2.68. The maximum Gasteiger partial charge on any atom is 0.422 e. The summed E-state index contributed by atoms with van der Waals surface area (Å²) in [6, 6.07) is 7.69. The van der Waals surface area contributed by atoms with E-state index in [0.29, 0.717) is 6.42 Å². The van der Waals surface area contributed by atoms with Gasteiger partial charge in [0.05, 0.1) is 12.5 Å². The molecule has 1 aromatic carbocycles. The molecule has 0 aliphatic carbocycles. The molecule has 1 aliphatic heterocycles. The van der Waals surface area contributed by atoms with Gasteiger partial charge in [0, 0.05) is 30.6 Å². The van der Waals surface area contributed by atoms with Crippen molar-refractivity contribution in [3.63, 3.8) is 0 Å². The first-order valence-electron chi connectivity index (χ1n) is 8.50. The topological polar surface area (TPSA) is 71.5 Å². The van der Waals surface area contributed by atoms with Crippen LogP contribution in [0.25, 0.3) is 0 Å². The molecule has 0 saturated carbocycles. The number of likely N-dealkylation sites (N-methyl/N-ethyl adjacent to an activating group) is 1. The maximum absolute atomic E-state index is 12.4. The molecule has 1 aromatic heterocycles. The van der Waals surface area contributed by atoms with Crippen LogP contribution in [0, 0.1) is 0 Å². The SMILES string of the molecule is CC(NC(=O)c1ccnc(OCC(F)(F)F)c1)c1ccc2c(c1)CC(=O)N2C. The van der Waals surface area contributed by atoms with Crippen molar-refractivity contribution in [2.75, 3.05) is 18.6 Å². The van der Waals surface area contributed by atoms with Crippen molar-refractivity contribution in [2.45, 2.75) is 25.6 Å². The van der Waals surface area contributed by atoms with Gasteiger partial charge in [-0.1, -0.05) is 12.1 Å². The molecule has 9 heteroatoms. The van der Waals surface area contributed by atoms with Crippen molar-refractivity contribution >= 4 is 17.5 Å². The third-order valence-electron chi connectivity index (χ3n) is 4.41. The average molecular weight is 393 g/mol. The summed E-state index contributed by atoms with van der Waals surface area (Å²) >= 11 is 0. The Morgan fingerprint density at radius 2 is 2.07 bits per heavy atom. The summed E-state index contributed by atoms with van der Waals surface area (Å²) in [5.74, 6) is -0.746. The highest BCUT2D eigenvalue weighted by molar-refractivity contribution is 6.01. The van der Waals surface area contributed by atoms with Crippen molar-refractivity contribution in [3.05, 3.63) is 53.2 Å².